The van der Waals surface area contributed by atoms with Gasteiger partial charge in [-0.15, -0.1) is 0 Å². The lowest BCUT2D eigenvalue weighted by molar-refractivity contribution is -0.143. The molecule has 100 valence electrons. The highest BCUT2D eigenvalue weighted by Crippen LogP contribution is 2.12. The van der Waals surface area contributed by atoms with E-state index >= 15 is 0 Å². The molecule has 0 saturated heterocycles. The summed E-state index contributed by atoms with van der Waals surface area (Å²) in [6.07, 6.45) is 0.431. The van der Waals surface area contributed by atoms with Crippen molar-refractivity contribution in [3.05, 3.63) is 0 Å². The average Bonchev–Trinajstić information content (AvgIpc) is 2.21. The second-order valence-electron chi connectivity index (χ2n) is 4.97. The van der Waals surface area contributed by atoms with Crippen LogP contribution in [-0.2, 0) is 14.3 Å². The highest BCUT2D eigenvalue weighted by molar-refractivity contribution is 5.69. The smallest absolute Gasteiger partial charge is 0.407 e. The van der Waals surface area contributed by atoms with E-state index in [4.69, 9.17) is 9.47 Å². The van der Waals surface area contributed by atoms with Gasteiger partial charge in [0, 0.05) is 13.0 Å². The average molecular weight is 245 g/mol. The number of ether oxygens (including phenoxy) is 2. The molecule has 5 heteroatoms. The largest absolute Gasteiger partial charge is 0.466 e. The van der Waals surface area contributed by atoms with E-state index in [1.807, 2.05) is 20.8 Å². The molecule has 0 aromatic carbocycles. The van der Waals surface area contributed by atoms with Crippen LogP contribution in [0.5, 0.6) is 0 Å². The van der Waals surface area contributed by atoms with Gasteiger partial charge in [0.25, 0.3) is 0 Å². The third kappa shape index (κ3) is 11.0. The van der Waals surface area contributed by atoms with E-state index in [-0.39, 0.29) is 11.4 Å². The first-order valence-electron chi connectivity index (χ1n) is 5.91. The Hall–Kier alpha value is -1.26. The van der Waals surface area contributed by atoms with Crippen LogP contribution in [0.15, 0.2) is 0 Å². The topological polar surface area (TPSA) is 64.6 Å². The summed E-state index contributed by atoms with van der Waals surface area (Å²) in [7, 11) is 0. The van der Waals surface area contributed by atoms with Gasteiger partial charge >= 0.3 is 12.1 Å². The van der Waals surface area contributed by atoms with Gasteiger partial charge in [0.2, 0.25) is 0 Å². The van der Waals surface area contributed by atoms with Gasteiger partial charge in [-0.1, -0.05) is 20.8 Å². The van der Waals surface area contributed by atoms with Crippen molar-refractivity contribution in [1.29, 1.82) is 0 Å². The Bertz CT molecular complexity index is 245. The third-order valence-electron chi connectivity index (χ3n) is 1.77. The summed E-state index contributed by atoms with van der Waals surface area (Å²) in [6, 6.07) is 0. The van der Waals surface area contributed by atoms with Crippen LogP contribution in [0.1, 0.15) is 40.5 Å². The summed E-state index contributed by atoms with van der Waals surface area (Å²) < 4.78 is 9.75. The molecule has 0 atom stereocenters. The first-order chi connectivity index (χ1) is 7.85. The molecule has 0 rings (SSSR count). The zero-order valence-electron chi connectivity index (χ0n) is 11.2. The molecule has 0 aromatic heterocycles. The molecular formula is C12H23NO4. The van der Waals surface area contributed by atoms with Gasteiger partial charge in [-0.3, -0.25) is 4.79 Å². The summed E-state index contributed by atoms with van der Waals surface area (Å²) in [4.78, 5) is 22.2. The maximum atomic E-state index is 11.2. The van der Waals surface area contributed by atoms with Crippen molar-refractivity contribution in [3.63, 3.8) is 0 Å². The lowest BCUT2D eigenvalue weighted by atomic mass is 9.99. The van der Waals surface area contributed by atoms with Gasteiger partial charge in [-0.05, 0) is 18.8 Å². The molecule has 0 heterocycles. The van der Waals surface area contributed by atoms with Crippen LogP contribution < -0.4 is 5.32 Å². The summed E-state index contributed by atoms with van der Waals surface area (Å²) in [5.74, 6) is -0.239. The first kappa shape index (κ1) is 15.7. The normalized spacial score (nSPS) is 10.8. The molecule has 5 nitrogen and oxygen atoms in total. The Morgan fingerprint density at radius 1 is 1.18 bits per heavy atom. The molecule has 0 aromatic rings. The fraction of sp³-hybridized carbons (Fsp3) is 0.833. The molecule has 0 bridgehead atoms. The highest BCUT2D eigenvalue weighted by Gasteiger charge is 2.13. The molecule has 1 N–H and O–H groups in total. The first-order valence-corrected chi connectivity index (χ1v) is 5.91. The van der Waals surface area contributed by atoms with E-state index in [0.29, 0.717) is 32.6 Å². The van der Waals surface area contributed by atoms with Gasteiger partial charge in [-0.2, -0.15) is 0 Å². The zero-order valence-corrected chi connectivity index (χ0v) is 11.2. The minimum absolute atomic E-state index is 0.0394. The Labute approximate surface area is 103 Å². The Kier molecular flexibility index (Phi) is 7.34. The van der Waals surface area contributed by atoms with Crippen LogP contribution in [0.3, 0.4) is 0 Å². The van der Waals surface area contributed by atoms with Crippen LogP contribution in [0.25, 0.3) is 0 Å². The predicted molar refractivity (Wildman–Crippen MR) is 64.7 cm³/mol. The summed E-state index contributed by atoms with van der Waals surface area (Å²) in [5, 5.41) is 2.58. The Morgan fingerprint density at radius 2 is 1.82 bits per heavy atom. The molecule has 0 aliphatic rings. The minimum atomic E-state index is -0.441. The minimum Gasteiger partial charge on any atom is -0.466 e. The van der Waals surface area contributed by atoms with Crippen molar-refractivity contribution in [2.75, 3.05) is 19.8 Å². The Balaban J connectivity index is 3.49. The third-order valence-corrected chi connectivity index (χ3v) is 1.77. The van der Waals surface area contributed by atoms with Crippen molar-refractivity contribution >= 4 is 12.1 Å². The predicted octanol–water partition coefficient (Wildman–Crippen LogP) is 2.10. The van der Waals surface area contributed by atoms with Crippen LogP contribution in [-0.4, -0.2) is 31.8 Å². The van der Waals surface area contributed by atoms with Gasteiger partial charge in [0.15, 0.2) is 0 Å². The van der Waals surface area contributed by atoms with Gasteiger partial charge < -0.3 is 14.8 Å². The summed E-state index contributed by atoms with van der Waals surface area (Å²) >= 11 is 0. The van der Waals surface area contributed by atoms with Crippen molar-refractivity contribution in [2.45, 2.75) is 40.5 Å². The lowest BCUT2D eigenvalue weighted by Crippen LogP contribution is -2.29. The van der Waals surface area contributed by atoms with Crippen LogP contribution in [0, 0.1) is 5.41 Å². The van der Waals surface area contributed by atoms with Crippen molar-refractivity contribution in [2.24, 2.45) is 5.41 Å². The quantitative estimate of drug-likeness (QED) is 0.575. The SMILES string of the molecule is CCOC(=O)CCCNC(=O)OCC(C)(C)C. The molecule has 0 aliphatic carbocycles. The molecule has 0 saturated carbocycles. The number of alkyl carbamates (subject to hydrolysis) is 1. The van der Waals surface area contributed by atoms with Crippen molar-refractivity contribution in [1.82, 2.24) is 5.32 Å². The number of carbonyl (C=O) groups excluding carboxylic acids is 2. The zero-order chi connectivity index (χ0) is 13.3. The van der Waals surface area contributed by atoms with E-state index < -0.39 is 6.09 Å². The summed E-state index contributed by atoms with van der Waals surface area (Å²) in [6.45, 7) is 8.90. The van der Waals surface area contributed by atoms with Crippen LogP contribution >= 0.6 is 0 Å². The number of nitrogens with one attached hydrogen (secondary N) is 1. The fourth-order valence-electron chi connectivity index (χ4n) is 0.989. The second-order valence-corrected chi connectivity index (χ2v) is 4.97. The van der Waals surface area contributed by atoms with Crippen LogP contribution in [0.4, 0.5) is 4.79 Å². The molecule has 0 unspecified atom stereocenters. The molecular weight excluding hydrogens is 222 g/mol. The van der Waals surface area contributed by atoms with E-state index in [9.17, 15) is 9.59 Å². The summed E-state index contributed by atoms with van der Waals surface area (Å²) in [5.41, 5.74) is -0.0394. The molecule has 0 fully saturated rings. The number of hydrogen-bond acceptors (Lipinski definition) is 4. The number of hydrogen-bond donors (Lipinski definition) is 1. The molecule has 0 radical (unpaired) electrons. The van der Waals surface area contributed by atoms with Crippen molar-refractivity contribution in [3.8, 4) is 0 Å². The maximum absolute atomic E-state index is 11.2. The van der Waals surface area contributed by atoms with Crippen molar-refractivity contribution < 1.29 is 19.1 Å². The number of rotatable bonds is 6. The fourth-order valence-corrected chi connectivity index (χ4v) is 0.989. The van der Waals surface area contributed by atoms with E-state index in [1.165, 1.54) is 0 Å². The van der Waals surface area contributed by atoms with E-state index in [2.05, 4.69) is 5.32 Å². The lowest BCUT2D eigenvalue weighted by Gasteiger charge is -2.17. The number of carbonyl (C=O) groups is 2. The van der Waals surface area contributed by atoms with Gasteiger partial charge in [-0.25, -0.2) is 4.79 Å². The Morgan fingerprint density at radius 3 is 2.35 bits per heavy atom. The molecule has 1 amide bonds. The standard InChI is InChI=1S/C12H23NO4/c1-5-16-10(14)7-6-8-13-11(15)17-9-12(2,3)4/h5-9H2,1-4H3,(H,13,15). The molecule has 17 heavy (non-hydrogen) atoms. The van der Waals surface area contributed by atoms with E-state index in [1.54, 1.807) is 6.92 Å². The second kappa shape index (κ2) is 7.92. The molecule has 0 spiro atoms. The number of esters is 1. The van der Waals surface area contributed by atoms with Crippen LogP contribution in [0.2, 0.25) is 0 Å². The van der Waals surface area contributed by atoms with E-state index in [0.717, 1.165) is 0 Å². The highest BCUT2D eigenvalue weighted by atomic mass is 16.5. The molecule has 0 aliphatic heterocycles. The number of amides is 1. The van der Waals surface area contributed by atoms with Gasteiger partial charge in [0.1, 0.15) is 0 Å². The monoisotopic (exact) mass is 245 g/mol. The van der Waals surface area contributed by atoms with Gasteiger partial charge in [0.05, 0.1) is 13.2 Å². The maximum Gasteiger partial charge on any atom is 0.407 e.